The van der Waals surface area contributed by atoms with Crippen molar-refractivity contribution in [3.8, 4) is 11.5 Å². The highest BCUT2D eigenvalue weighted by Crippen LogP contribution is 2.15. The van der Waals surface area contributed by atoms with Crippen molar-refractivity contribution in [1.82, 2.24) is 0 Å². The summed E-state index contributed by atoms with van der Waals surface area (Å²) in [5.41, 5.74) is 1.23. The molecular formula is C23H26O6. The molecule has 0 fully saturated rings. The highest BCUT2D eigenvalue weighted by atomic mass is 16.6. The van der Waals surface area contributed by atoms with Crippen molar-refractivity contribution in [3.63, 3.8) is 0 Å². The number of ether oxygens (including phenoxy) is 4. The molecule has 2 aromatic rings. The Bertz CT molecular complexity index is 793. The third-order valence-corrected chi connectivity index (χ3v) is 3.89. The maximum Gasteiger partial charge on any atom is 0.338 e. The predicted molar refractivity (Wildman–Crippen MR) is 110 cm³/mol. The lowest BCUT2D eigenvalue weighted by molar-refractivity contribution is -0.128. The molecule has 2 rings (SSSR count). The molecule has 6 heteroatoms. The fraction of sp³-hybridized carbons (Fsp3) is 0.304. The highest BCUT2D eigenvalue weighted by Gasteiger charge is 2.08. The first-order valence-electron chi connectivity index (χ1n) is 9.51. The molecule has 0 unspecified atom stereocenters. The van der Waals surface area contributed by atoms with E-state index in [0.29, 0.717) is 24.5 Å². The van der Waals surface area contributed by atoms with Gasteiger partial charge in [0.25, 0.3) is 0 Å². The van der Waals surface area contributed by atoms with E-state index in [9.17, 15) is 9.59 Å². The van der Waals surface area contributed by atoms with Gasteiger partial charge in [0, 0.05) is 13.2 Å². The summed E-state index contributed by atoms with van der Waals surface area (Å²) < 4.78 is 20.7. The van der Waals surface area contributed by atoms with Crippen LogP contribution in [0, 0.1) is 0 Å². The van der Waals surface area contributed by atoms with E-state index in [4.69, 9.17) is 18.9 Å². The summed E-state index contributed by atoms with van der Waals surface area (Å²) in [6.07, 6.45) is 5.12. The minimum absolute atomic E-state index is 0.183. The number of methoxy groups -OCH3 is 1. The summed E-state index contributed by atoms with van der Waals surface area (Å²) in [6.45, 7) is 3.33. The van der Waals surface area contributed by atoms with Crippen molar-refractivity contribution in [3.05, 3.63) is 65.7 Å². The van der Waals surface area contributed by atoms with Crippen LogP contribution in [0.5, 0.6) is 11.5 Å². The number of carbonyl (C=O) groups excluding carboxylic acids is 2. The minimum Gasteiger partial charge on any atom is -0.494 e. The van der Waals surface area contributed by atoms with Crippen LogP contribution in [0.1, 0.15) is 35.7 Å². The fourth-order valence-electron chi connectivity index (χ4n) is 2.28. The van der Waals surface area contributed by atoms with E-state index in [-0.39, 0.29) is 6.61 Å². The molecule has 154 valence electrons. The van der Waals surface area contributed by atoms with Crippen molar-refractivity contribution < 1.29 is 28.5 Å². The van der Waals surface area contributed by atoms with E-state index < -0.39 is 11.9 Å². The van der Waals surface area contributed by atoms with Gasteiger partial charge in [-0.25, -0.2) is 9.59 Å². The molecule has 0 aromatic heterocycles. The zero-order valence-electron chi connectivity index (χ0n) is 16.8. The number of rotatable bonds is 11. The van der Waals surface area contributed by atoms with E-state index in [1.54, 1.807) is 30.3 Å². The van der Waals surface area contributed by atoms with Crippen molar-refractivity contribution >= 4 is 18.0 Å². The molecule has 29 heavy (non-hydrogen) atoms. The Morgan fingerprint density at radius 3 is 2.24 bits per heavy atom. The summed E-state index contributed by atoms with van der Waals surface area (Å²) in [6, 6.07) is 13.6. The van der Waals surface area contributed by atoms with Crippen molar-refractivity contribution in [2.75, 3.05) is 26.9 Å². The first kappa shape index (κ1) is 22.2. The lowest BCUT2D eigenvalue weighted by Crippen LogP contribution is -2.10. The van der Waals surface area contributed by atoms with Gasteiger partial charge in [-0.2, -0.15) is 0 Å². The van der Waals surface area contributed by atoms with Gasteiger partial charge in [-0.15, -0.1) is 0 Å². The molecule has 0 bridgehead atoms. The molecule has 0 radical (unpaired) electrons. The number of hydrogen-bond acceptors (Lipinski definition) is 6. The van der Waals surface area contributed by atoms with Crippen LogP contribution < -0.4 is 9.47 Å². The van der Waals surface area contributed by atoms with E-state index in [2.05, 4.69) is 6.92 Å². The average molecular weight is 398 g/mol. The molecule has 0 aliphatic heterocycles. The third kappa shape index (κ3) is 8.19. The zero-order valence-corrected chi connectivity index (χ0v) is 16.8. The summed E-state index contributed by atoms with van der Waals surface area (Å²) in [5.74, 6) is 0.178. The van der Waals surface area contributed by atoms with Crippen LogP contribution >= 0.6 is 0 Å². The molecule has 0 saturated heterocycles. The second-order valence-corrected chi connectivity index (χ2v) is 6.18. The maximum atomic E-state index is 12.0. The van der Waals surface area contributed by atoms with Crippen LogP contribution in [-0.4, -0.2) is 38.9 Å². The van der Waals surface area contributed by atoms with Gasteiger partial charge in [0.2, 0.25) is 0 Å². The van der Waals surface area contributed by atoms with Gasteiger partial charge in [-0.1, -0.05) is 25.5 Å². The Kier molecular flexibility index (Phi) is 9.45. The van der Waals surface area contributed by atoms with Gasteiger partial charge in [0.15, 0.2) is 0 Å². The predicted octanol–water partition coefficient (Wildman–Crippen LogP) is 4.29. The molecule has 0 N–H and O–H groups in total. The van der Waals surface area contributed by atoms with Gasteiger partial charge in [0.1, 0.15) is 18.1 Å². The van der Waals surface area contributed by atoms with Crippen LogP contribution in [0.2, 0.25) is 0 Å². The molecule has 0 atom stereocenters. The van der Waals surface area contributed by atoms with E-state index in [1.165, 1.54) is 13.2 Å². The molecule has 0 aliphatic rings. The van der Waals surface area contributed by atoms with Gasteiger partial charge in [-0.3, -0.25) is 0 Å². The zero-order chi connectivity index (χ0) is 20.9. The molecule has 6 nitrogen and oxygen atoms in total. The second kappa shape index (κ2) is 12.4. The van der Waals surface area contributed by atoms with Crippen molar-refractivity contribution in [2.24, 2.45) is 0 Å². The number of benzene rings is 2. The third-order valence-electron chi connectivity index (χ3n) is 3.89. The maximum absolute atomic E-state index is 12.0. The number of esters is 2. The SMILES string of the molecule is CCCCOc1ccc(/C=C/C(=O)Oc2ccc(C(=O)OCCOC)cc2)cc1. The Morgan fingerprint density at radius 1 is 0.897 bits per heavy atom. The second-order valence-electron chi connectivity index (χ2n) is 6.18. The van der Waals surface area contributed by atoms with Gasteiger partial charge in [0.05, 0.1) is 18.8 Å². The standard InChI is InChI=1S/C23H26O6/c1-3-4-15-27-20-10-5-18(6-11-20)7-14-22(24)29-21-12-8-19(9-13-21)23(25)28-17-16-26-2/h5-14H,3-4,15-17H2,1-2H3/b14-7+. The van der Waals surface area contributed by atoms with Crippen LogP contribution in [0.25, 0.3) is 6.08 Å². The quantitative estimate of drug-likeness (QED) is 0.243. The summed E-state index contributed by atoms with van der Waals surface area (Å²) in [7, 11) is 1.53. The average Bonchev–Trinajstić information content (AvgIpc) is 2.74. The highest BCUT2D eigenvalue weighted by molar-refractivity contribution is 5.90. The molecule has 0 heterocycles. The lowest BCUT2D eigenvalue weighted by atomic mass is 10.2. The van der Waals surface area contributed by atoms with Crippen LogP contribution in [-0.2, 0) is 14.3 Å². The van der Waals surface area contributed by atoms with Gasteiger partial charge in [-0.05, 0) is 54.5 Å². The Balaban J connectivity index is 1.83. The lowest BCUT2D eigenvalue weighted by Gasteiger charge is -2.06. The number of carbonyl (C=O) groups is 2. The monoisotopic (exact) mass is 398 g/mol. The van der Waals surface area contributed by atoms with Gasteiger partial charge < -0.3 is 18.9 Å². The molecule has 2 aromatic carbocycles. The van der Waals surface area contributed by atoms with Crippen LogP contribution in [0.4, 0.5) is 0 Å². The molecule has 0 aliphatic carbocycles. The first-order valence-corrected chi connectivity index (χ1v) is 9.51. The fourth-order valence-corrected chi connectivity index (χ4v) is 2.28. The van der Waals surface area contributed by atoms with Crippen molar-refractivity contribution in [2.45, 2.75) is 19.8 Å². The number of hydrogen-bond donors (Lipinski definition) is 0. The van der Waals surface area contributed by atoms with Crippen LogP contribution in [0.3, 0.4) is 0 Å². The summed E-state index contributed by atoms with van der Waals surface area (Å²) in [4.78, 5) is 23.8. The summed E-state index contributed by atoms with van der Waals surface area (Å²) >= 11 is 0. The largest absolute Gasteiger partial charge is 0.494 e. The molecular weight excluding hydrogens is 372 g/mol. The normalized spacial score (nSPS) is 10.7. The smallest absolute Gasteiger partial charge is 0.338 e. The molecule has 0 saturated carbocycles. The summed E-state index contributed by atoms with van der Waals surface area (Å²) in [5, 5.41) is 0. The van der Waals surface area contributed by atoms with E-state index in [0.717, 1.165) is 24.2 Å². The Morgan fingerprint density at radius 2 is 1.59 bits per heavy atom. The van der Waals surface area contributed by atoms with Gasteiger partial charge >= 0.3 is 11.9 Å². The Hall–Kier alpha value is -3.12. The van der Waals surface area contributed by atoms with E-state index >= 15 is 0 Å². The first-order chi connectivity index (χ1) is 14.1. The Labute approximate surface area is 171 Å². The van der Waals surface area contributed by atoms with Crippen molar-refractivity contribution in [1.29, 1.82) is 0 Å². The molecule has 0 spiro atoms. The number of unbranched alkanes of at least 4 members (excludes halogenated alkanes) is 1. The van der Waals surface area contributed by atoms with Crippen LogP contribution in [0.15, 0.2) is 54.6 Å². The minimum atomic E-state index is -0.510. The van der Waals surface area contributed by atoms with E-state index in [1.807, 2.05) is 24.3 Å². The molecule has 0 amide bonds. The topological polar surface area (TPSA) is 71.1 Å².